The van der Waals surface area contributed by atoms with Gasteiger partial charge in [0.15, 0.2) is 5.96 Å². The van der Waals surface area contributed by atoms with Gasteiger partial charge >= 0.3 is 0 Å². The first-order chi connectivity index (χ1) is 11.9. The quantitative estimate of drug-likeness (QED) is 0.475. The Morgan fingerprint density at radius 1 is 1.24 bits per heavy atom. The summed E-state index contributed by atoms with van der Waals surface area (Å²) in [7, 11) is 3.60. The lowest BCUT2D eigenvalue weighted by Crippen LogP contribution is -2.39. The number of aryl methyl sites for hydroxylation is 1. The van der Waals surface area contributed by atoms with Crippen molar-refractivity contribution in [2.45, 2.75) is 32.7 Å². The average Bonchev–Trinajstić information content (AvgIpc) is 2.99. The van der Waals surface area contributed by atoms with Gasteiger partial charge in [-0.05, 0) is 17.0 Å². The summed E-state index contributed by atoms with van der Waals surface area (Å²) in [4.78, 5) is 8.37. The normalized spacial score (nSPS) is 12.1. The van der Waals surface area contributed by atoms with Crippen molar-refractivity contribution in [2.24, 2.45) is 12.0 Å². The maximum Gasteiger partial charge on any atom is 0.191 e. The van der Waals surface area contributed by atoms with Gasteiger partial charge in [-0.3, -0.25) is 9.67 Å². The first-order valence-electron chi connectivity index (χ1n) is 8.41. The molecule has 0 amide bonds. The molecule has 1 heterocycles. The molecule has 0 saturated heterocycles. The summed E-state index contributed by atoms with van der Waals surface area (Å²) in [6, 6.07) is 8.18. The van der Waals surface area contributed by atoms with Gasteiger partial charge in [-0.2, -0.15) is 5.10 Å². The number of guanidine groups is 1. The number of rotatable bonds is 6. The Kier molecular flexibility index (Phi) is 6.38. The fourth-order valence-electron chi connectivity index (χ4n) is 2.41. The number of hydrogen-bond donors (Lipinski definition) is 2. The van der Waals surface area contributed by atoms with E-state index in [0.29, 0.717) is 25.7 Å². The van der Waals surface area contributed by atoms with Gasteiger partial charge in [-0.25, -0.2) is 4.98 Å². The lowest BCUT2D eigenvalue weighted by atomic mass is 9.86. The second-order valence-electron chi connectivity index (χ2n) is 6.75. The SMILES string of the molecule is CN=C(NCCOc1ccccc1C(C)(C)C)NCc1ncnn1C. The Hall–Kier alpha value is -2.57. The minimum Gasteiger partial charge on any atom is -0.491 e. The molecule has 25 heavy (non-hydrogen) atoms. The third-order valence-electron chi connectivity index (χ3n) is 3.79. The van der Waals surface area contributed by atoms with Crippen LogP contribution in [0, 0.1) is 0 Å². The van der Waals surface area contributed by atoms with Crippen LogP contribution in [0.4, 0.5) is 0 Å². The molecule has 0 unspecified atom stereocenters. The predicted octanol–water partition coefficient (Wildman–Crippen LogP) is 1.86. The number of benzene rings is 1. The van der Waals surface area contributed by atoms with Gasteiger partial charge in [0.1, 0.15) is 24.5 Å². The van der Waals surface area contributed by atoms with E-state index in [2.05, 4.69) is 52.5 Å². The largest absolute Gasteiger partial charge is 0.491 e. The molecule has 0 aliphatic carbocycles. The van der Waals surface area contributed by atoms with Crippen molar-refractivity contribution < 1.29 is 4.74 Å². The Bertz CT molecular complexity index is 702. The zero-order chi connectivity index (χ0) is 18.3. The lowest BCUT2D eigenvalue weighted by molar-refractivity contribution is 0.313. The molecule has 0 atom stereocenters. The van der Waals surface area contributed by atoms with Crippen LogP contribution in [-0.4, -0.2) is 40.9 Å². The van der Waals surface area contributed by atoms with Crippen molar-refractivity contribution in [3.63, 3.8) is 0 Å². The molecule has 0 radical (unpaired) electrons. The molecule has 2 aromatic rings. The van der Waals surface area contributed by atoms with Crippen molar-refractivity contribution in [1.82, 2.24) is 25.4 Å². The zero-order valence-electron chi connectivity index (χ0n) is 15.7. The highest BCUT2D eigenvalue weighted by Crippen LogP contribution is 2.30. The Morgan fingerprint density at radius 2 is 2.00 bits per heavy atom. The van der Waals surface area contributed by atoms with Crippen LogP contribution in [0.25, 0.3) is 0 Å². The molecule has 0 aliphatic heterocycles. The standard InChI is InChI=1S/C18H28N6O/c1-18(2,3)14-8-6-7-9-15(14)25-11-10-20-17(19-4)21-12-16-22-13-23-24(16)5/h6-9,13H,10-12H2,1-5H3,(H2,19,20,21). The lowest BCUT2D eigenvalue weighted by Gasteiger charge is -2.22. The monoisotopic (exact) mass is 344 g/mol. The molecule has 1 aromatic carbocycles. The van der Waals surface area contributed by atoms with E-state index in [9.17, 15) is 0 Å². The Balaban J connectivity index is 1.79. The van der Waals surface area contributed by atoms with Crippen LogP contribution in [0.15, 0.2) is 35.6 Å². The van der Waals surface area contributed by atoms with Gasteiger partial charge in [0, 0.05) is 14.1 Å². The number of aliphatic imine (C=N–C) groups is 1. The molecule has 2 N–H and O–H groups in total. The third-order valence-corrected chi connectivity index (χ3v) is 3.79. The van der Waals surface area contributed by atoms with Crippen molar-refractivity contribution >= 4 is 5.96 Å². The molecular formula is C18H28N6O. The van der Waals surface area contributed by atoms with Crippen molar-refractivity contribution in [1.29, 1.82) is 0 Å². The van der Waals surface area contributed by atoms with Crippen LogP contribution >= 0.6 is 0 Å². The minimum absolute atomic E-state index is 0.0533. The Morgan fingerprint density at radius 3 is 2.64 bits per heavy atom. The van der Waals surface area contributed by atoms with Crippen molar-refractivity contribution in [2.75, 3.05) is 20.2 Å². The summed E-state index contributed by atoms with van der Waals surface area (Å²) in [5.74, 6) is 2.48. The predicted molar refractivity (Wildman–Crippen MR) is 99.8 cm³/mol. The highest BCUT2D eigenvalue weighted by Gasteiger charge is 2.18. The molecule has 7 nitrogen and oxygen atoms in total. The molecule has 136 valence electrons. The fourth-order valence-corrected chi connectivity index (χ4v) is 2.41. The van der Waals surface area contributed by atoms with Gasteiger partial charge in [0.25, 0.3) is 0 Å². The van der Waals surface area contributed by atoms with E-state index in [-0.39, 0.29) is 5.41 Å². The smallest absolute Gasteiger partial charge is 0.191 e. The van der Waals surface area contributed by atoms with E-state index < -0.39 is 0 Å². The van der Waals surface area contributed by atoms with E-state index in [1.54, 1.807) is 11.7 Å². The van der Waals surface area contributed by atoms with Gasteiger partial charge in [-0.1, -0.05) is 39.0 Å². The van der Waals surface area contributed by atoms with Crippen molar-refractivity contribution in [3.05, 3.63) is 42.0 Å². The van der Waals surface area contributed by atoms with Crippen LogP contribution in [0.2, 0.25) is 0 Å². The highest BCUT2D eigenvalue weighted by atomic mass is 16.5. The molecule has 2 rings (SSSR count). The third kappa shape index (κ3) is 5.48. The van der Waals surface area contributed by atoms with E-state index in [1.165, 1.54) is 11.9 Å². The van der Waals surface area contributed by atoms with E-state index >= 15 is 0 Å². The minimum atomic E-state index is 0.0533. The summed E-state index contributed by atoms with van der Waals surface area (Å²) >= 11 is 0. The first-order valence-corrected chi connectivity index (χ1v) is 8.41. The number of para-hydroxylation sites is 1. The van der Waals surface area contributed by atoms with Gasteiger partial charge in [-0.15, -0.1) is 0 Å². The molecule has 7 heteroatoms. The second-order valence-corrected chi connectivity index (χ2v) is 6.75. The van der Waals surface area contributed by atoms with Gasteiger partial charge in [0.05, 0.1) is 13.1 Å². The van der Waals surface area contributed by atoms with Gasteiger partial charge in [0.2, 0.25) is 0 Å². The Labute approximate surface area is 149 Å². The van der Waals surface area contributed by atoms with E-state index in [4.69, 9.17) is 4.74 Å². The van der Waals surface area contributed by atoms with Crippen LogP contribution < -0.4 is 15.4 Å². The summed E-state index contributed by atoms with van der Waals surface area (Å²) in [5, 5.41) is 10.5. The summed E-state index contributed by atoms with van der Waals surface area (Å²) in [6.45, 7) is 8.32. The highest BCUT2D eigenvalue weighted by molar-refractivity contribution is 5.79. The molecule has 0 spiro atoms. The van der Waals surface area contributed by atoms with Crippen LogP contribution in [0.3, 0.4) is 0 Å². The van der Waals surface area contributed by atoms with E-state index in [1.807, 2.05) is 25.2 Å². The molecule has 0 aliphatic rings. The average molecular weight is 344 g/mol. The molecule has 1 aromatic heterocycles. The number of hydrogen-bond acceptors (Lipinski definition) is 4. The fraction of sp³-hybridized carbons (Fsp3) is 0.500. The molecular weight excluding hydrogens is 316 g/mol. The number of ether oxygens (including phenoxy) is 1. The van der Waals surface area contributed by atoms with E-state index in [0.717, 1.165) is 11.6 Å². The van der Waals surface area contributed by atoms with Gasteiger partial charge < -0.3 is 15.4 Å². The van der Waals surface area contributed by atoms with Crippen LogP contribution in [0.5, 0.6) is 5.75 Å². The first kappa shape index (κ1) is 18.8. The number of nitrogens with one attached hydrogen (secondary N) is 2. The summed E-state index contributed by atoms with van der Waals surface area (Å²) < 4.78 is 7.69. The number of nitrogens with zero attached hydrogens (tertiary/aromatic N) is 4. The topological polar surface area (TPSA) is 76.4 Å². The maximum absolute atomic E-state index is 5.96. The van der Waals surface area contributed by atoms with Crippen LogP contribution in [-0.2, 0) is 19.0 Å². The summed E-state index contributed by atoms with van der Waals surface area (Å²) in [5.41, 5.74) is 1.26. The maximum atomic E-state index is 5.96. The van der Waals surface area contributed by atoms with Crippen LogP contribution in [0.1, 0.15) is 32.2 Å². The zero-order valence-corrected chi connectivity index (χ0v) is 15.7. The van der Waals surface area contributed by atoms with Crippen molar-refractivity contribution in [3.8, 4) is 5.75 Å². The molecule has 0 fully saturated rings. The molecule has 0 bridgehead atoms. The number of aromatic nitrogens is 3. The molecule has 0 saturated carbocycles. The summed E-state index contributed by atoms with van der Waals surface area (Å²) in [6.07, 6.45) is 1.54. The second kappa shape index (κ2) is 8.50.